The summed E-state index contributed by atoms with van der Waals surface area (Å²) in [7, 11) is 0. The van der Waals surface area contributed by atoms with Gasteiger partial charge in [0, 0.05) is 13.1 Å². The number of aromatic nitrogens is 2. The largest absolute Gasteiger partial charge is 0.371 e. The standard InChI is InChI=1S/C11H13N3O/c15-11-10-8(12-13-11)4-3-5-9(10)14-6-1-2-7-14/h3-5H,1-2,6-7H2,(H2,12,13,15). The van der Waals surface area contributed by atoms with Crippen LogP contribution >= 0.6 is 0 Å². The molecule has 1 aliphatic heterocycles. The van der Waals surface area contributed by atoms with E-state index in [1.165, 1.54) is 12.8 Å². The number of aromatic amines is 2. The van der Waals surface area contributed by atoms with Gasteiger partial charge in [0.25, 0.3) is 5.56 Å². The molecule has 1 aromatic heterocycles. The highest BCUT2D eigenvalue weighted by Crippen LogP contribution is 2.25. The van der Waals surface area contributed by atoms with Crippen molar-refractivity contribution >= 4 is 16.6 Å². The number of rotatable bonds is 1. The molecule has 4 nitrogen and oxygen atoms in total. The second-order valence-electron chi connectivity index (χ2n) is 3.97. The number of nitrogens with one attached hydrogen (secondary N) is 2. The van der Waals surface area contributed by atoms with Gasteiger partial charge in [-0.1, -0.05) is 6.07 Å². The SMILES string of the molecule is O=c1[nH][nH]c2cccc(N3CCCC3)c12. The third-order valence-corrected chi connectivity index (χ3v) is 3.03. The first-order chi connectivity index (χ1) is 7.36. The van der Waals surface area contributed by atoms with E-state index in [1.54, 1.807) is 0 Å². The van der Waals surface area contributed by atoms with Gasteiger partial charge in [0.15, 0.2) is 0 Å². The van der Waals surface area contributed by atoms with Crippen LogP contribution in [0.4, 0.5) is 5.69 Å². The van der Waals surface area contributed by atoms with Crippen molar-refractivity contribution in [3.63, 3.8) is 0 Å². The molecule has 0 spiro atoms. The maximum absolute atomic E-state index is 11.6. The van der Waals surface area contributed by atoms with E-state index in [9.17, 15) is 4.79 Å². The predicted octanol–water partition coefficient (Wildman–Crippen LogP) is 1.46. The molecule has 1 aromatic carbocycles. The van der Waals surface area contributed by atoms with Crippen LogP contribution in [-0.2, 0) is 0 Å². The van der Waals surface area contributed by atoms with Crippen LogP contribution < -0.4 is 10.5 Å². The summed E-state index contributed by atoms with van der Waals surface area (Å²) in [6.45, 7) is 2.12. The van der Waals surface area contributed by atoms with Crippen molar-refractivity contribution in [2.75, 3.05) is 18.0 Å². The molecule has 4 heteroatoms. The lowest BCUT2D eigenvalue weighted by Crippen LogP contribution is -2.19. The first-order valence-corrected chi connectivity index (χ1v) is 5.30. The second kappa shape index (κ2) is 3.15. The zero-order valence-corrected chi connectivity index (χ0v) is 8.42. The number of hydrogen-bond acceptors (Lipinski definition) is 2. The molecule has 3 rings (SSSR count). The van der Waals surface area contributed by atoms with E-state index in [4.69, 9.17) is 0 Å². The summed E-state index contributed by atoms with van der Waals surface area (Å²) < 4.78 is 0. The Morgan fingerprint density at radius 2 is 1.93 bits per heavy atom. The van der Waals surface area contributed by atoms with Gasteiger partial charge in [0.05, 0.1) is 16.6 Å². The Kier molecular flexibility index (Phi) is 1.80. The van der Waals surface area contributed by atoms with Gasteiger partial charge in [0.2, 0.25) is 0 Å². The fourth-order valence-electron chi connectivity index (χ4n) is 2.29. The molecule has 2 aromatic rings. The van der Waals surface area contributed by atoms with Crippen molar-refractivity contribution < 1.29 is 0 Å². The minimum absolute atomic E-state index is 0.0208. The molecule has 0 atom stereocenters. The molecular formula is C11H13N3O. The van der Waals surface area contributed by atoms with Gasteiger partial charge in [-0.15, -0.1) is 0 Å². The minimum atomic E-state index is -0.0208. The lowest BCUT2D eigenvalue weighted by molar-refractivity contribution is 0.949. The van der Waals surface area contributed by atoms with Crippen LogP contribution in [0.2, 0.25) is 0 Å². The monoisotopic (exact) mass is 203 g/mol. The Morgan fingerprint density at radius 3 is 2.73 bits per heavy atom. The predicted molar refractivity (Wildman–Crippen MR) is 60.4 cm³/mol. The highest BCUT2D eigenvalue weighted by molar-refractivity contribution is 5.91. The first-order valence-electron chi connectivity index (χ1n) is 5.30. The van der Waals surface area contributed by atoms with Crippen molar-refractivity contribution in [1.29, 1.82) is 0 Å². The maximum Gasteiger partial charge on any atom is 0.273 e. The Morgan fingerprint density at radius 1 is 1.13 bits per heavy atom. The molecule has 1 fully saturated rings. The first kappa shape index (κ1) is 8.59. The normalized spacial score (nSPS) is 16.4. The van der Waals surface area contributed by atoms with Crippen LogP contribution in [0.15, 0.2) is 23.0 Å². The molecule has 1 aliphatic rings. The van der Waals surface area contributed by atoms with Crippen LogP contribution in [0, 0.1) is 0 Å². The van der Waals surface area contributed by atoms with E-state index >= 15 is 0 Å². The van der Waals surface area contributed by atoms with Gasteiger partial charge in [-0.25, -0.2) is 0 Å². The zero-order valence-electron chi connectivity index (χ0n) is 8.42. The highest BCUT2D eigenvalue weighted by atomic mass is 16.1. The third kappa shape index (κ3) is 1.25. The van der Waals surface area contributed by atoms with Gasteiger partial charge >= 0.3 is 0 Å². The molecular weight excluding hydrogens is 190 g/mol. The zero-order chi connectivity index (χ0) is 10.3. The highest BCUT2D eigenvalue weighted by Gasteiger charge is 2.16. The fourth-order valence-corrected chi connectivity index (χ4v) is 2.29. The molecule has 15 heavy (non-hydrogen) atoms. The molecule has 78 valence electrons. The van der Waals surface area contributed by atoms with E-state index in [1.807, 2.05) is 18.2 Å². The summed E-state index contributed by atoms with van der Waals surface area (Å²) in [5, 5.41) is 6.31. The summed E-state index contributed by atoms with van der Waals surface area (Å²) in [5.41, 5.74) is 1.93. The van der Waals surface area contributed by atoms with Crippen molar-refractivity contribution in [2.45, 2.75) is 12.8 Å². The van der Waals surface area contributed by atoms with Crippen LogP contribution in [0.1, 0.15) is 12.8 Å². The number of nitrogens with zero attached hydrogens (tertiary/aromatic N) is 1. The smallest absolute Gasteiger partial charge is 0.273 e. The van der Waals surface area contributed by atoms with Crippen molar-refractivity contribution in [2.24, 2.45) is 0 Å². The van der Waals surface area contributed by atoms with Crippen LogP contribution in [0.25, 0.3) is 10.9 Å². The lowest BCUT2D eigenvalue weighted by atomic mass is 10.2. The van der Waals surface area contributed by atoms with Crippen molar-refractivity contribution in [3.05, 3.63) is 28.6 Å². The average molecular weight is 203 g/mol. The van der Waals surface area contributed by atoms with Crippen LogP contribution in [0.5, 0.6) is 0 Å². The third-order valence-electron chi connectivity index (χ3n) is 3.03. The molecule has 0 unspecified atom stereocenters. The Balaban J connectivity index is 2.24. The topological polar surface area (TPSA) is 51.9 Å². The molecule has 0 radical (unpaired) electrons. The molecule has 0 saturated carbocycles. The van der Waals surface area contributed by atoms with E-state index in [-0.39, 0.29) is 5.56 Å². The van der Waals surface area contributed by atoms with Gasteiger partial charge in [-0.05, 0) is 25.0 Å². The Bertz CT molecular complexity index is 534. The Hall–Kier alpha value is -1.71. The van der Waals surface area contributed by atoms with Gasteiger partial charge in [0.1, 0.15) is 0 Å². The van der Waals surface area contributed by atoms with E-state index in [0.717, 1.165) is 29.7 Å². The number of anilines is 1. The van der Waals surface area contributed by atoms with E-state index in [2.05, 4.69) is 15.1 Å². The molecule has 2 heterocycles. The summed E-state index contributed by atoms with van der Waals surface area (Å²) in [6.07, 6.45) is 2.44. The number of benzene rings is 1. The van der Waals surface area contributed by atoms with Crippen LogP contribution in [0.3, 0.4) is 0 Å². The van der Waals surface area contributed by atoms with Gasteiger partial charge < -0.3 is 4.90 Å². The Labute approximate surface area is 86.9 Å². The summed E-state index contributed by atoms with van der Waals surface area (Å²) in [4.78, 5) is 13.9. The minimum Gasteiger partial charge on any atom is -0.371 e. The quantitative estimate of drug-likeness (QED) is 0.737. The number of hydrogen-bond donors (Lipinski definition) is 2. The molecule has 0 aliphatic carbocycles. The fraction of sp³-hybridized carbons (Fsp3) is 0.364. The van der Waals surface area contributed by atoms with E-state index in [0.29, 0.717) is 0 Å². The molecule has 0 bridgehead atoms. The summed E-state index contributed by atoms with van der Waals surface area (Å²) in [6, 6.07) is 5.93. The van der Waals surface area contributed by atoms with Gasteiger partial charge in [-0.2, -0.15) is 0 Å². The number of H-pyrrole nitrogens is 2. The maximum atomic E-state index is 11.6. The molecule has 0 amide bonds. The van der Waals surface area contributed by atoms with Gasteiger partial charge in [-0.3, -0.25) is 15.0 Å². The molecule has 1 saturated heterocycles. The van der Waals surface area contributed by atoms with Crippen LogP contribution in [-0.4, -0.2) is 23.3 Å². The summed E-state index contributed by atoms with van der Waals surface area (Å²) in [5.74, 6) is 0. The average Bonchev–Trinajstić information content (AvgIpc) is 2.88. The summed E-state index contributed by atoms with van der Waals surface area (Å²) >= 11 is 0. The number of fused-ring (bicyclic) bond motifs is 1. The van der Waals surface area contributed by atoms with Crippen molar-refractivity contribution in [1.82, 2.24) is 10.2 Å². The molecule has 2 N–H and O–H groups in total. The second-order valence-corrected chi connectivity index (χ2v) is 3.97. The van der Waals surface area contributed by atoms with E-state index < -0.39 is 0 Å². The lowest BCUT2D eigenvalue weighted by Gasteiger charge is -2.17. The van der Waals surface area contributed by atoms with Crippen molar-refractivity contribution in [3.8, 4) is 0 Å².